The zero-order valence-electron chi connectivity index (χ0n) is 6.92. The molecule has 2 N–H and O–H groups in total. The van der Waals surface area contributed by atoms with E-state index in [-0.39, 0.29) is 5.56 Å². The van der Waals surface area contributed by atoms with Crippen molar-refractivity contribution in [3.8, 4) is 6.19 Å². The summed E-state index contributed by atoms with van der Waals surface area (Å²) in [4.78, 5) is 24.9. The van der Waals surface area contributed by atoms with E-state index in [9.17, 15) is 9.59 Å². The first-order valence-electron chi connectivity index (χ1n) is 3.54. The Morgan fingerprint density at radius 3 is 2.92 bits per heavy atom. The summed E-state index contributed by atoms with van der Waals surface area (Å²) < 4.78 is 0. The molecule has 1 aromatic rings. The summed E-state index contributed by atoms with van der Waals surface area (Å²) in [5.74, 6) is -0.691. The molecule has 0 unspecified atom stereocenters. The Morgan fingerprint density at radius 2 is 2.38 bits per heavy atom. The van der Waals surface area contributed by atoms with E-state index in [0.29, 0.717) is 5.69 Å². The number of carbonyl (C=O) groups excluding carboxylic acids is 1. The number of pyridine rings is 1. The van der Waals surface area contributed by atoms with Gasteiger partial charge in [0.15, 0.2) is 11.6 Å². The second-order valence-electron chi connectivity index (χ2n) is 2.46. The van der Waals surface area contributed by atoms with Crippen LogP contribution >= 0.6 is 0 Å². The van der Waals surface area contributed by atoms with Gasteiger partial charge in [0, 0.05) is 18.0 Å². The zero-order valence-corrected chi connectivity index (χ0v) is 6.92. The van der Waals surface area contributed by atoms with Gasteiger partial charge in [0.2, 0.25) is 0 Å². The fourth-order valence-corrected chi connectivity index (χ4v) is 0.869. The number of carbonyl (C=O) groups is 1. The van der Waals surface area contributed by atoms with Gasteiger partial charge in [-0.3, -0.25) is 14.9 Å². The highest BCUT2D eigenvalue weighted by Crippen LogP contribution is 1.91. The number of aromatic nitrogens is 1. The van der Waals surface area contributed by atoms with Crippen molar-refractivity contribution in [2.75, 3.05) is 0 Å². The fraction of sp³-hybridized carbons (Fsp3) is 0.125. The summed E-state index contributed by atoms with van der Waals surface area (Å²) in [6.07, 6.45) is 2.74. The predicted molar refractivity (Wildman–Crippen MR) is 44.9 cm³/mol. The number of nitrogens with zero attached hydrogens (tertiary/aromatic N) is 1. The molecule has 0 spiro atoms. The number of hydrogen-bond acceptors (Lipinski definition) is 3. The number of amides is 1. The van der Waals surface area contributed by atoms with E-state index in [2.05, 4.69) is 4.98 Å². The molecule has 5 heteroatoms. The maximum Gasteiger partial charge on any atom is 0.269 e. The average molecular weight is 177 g/mol. The first-order valence-corrected chi connectivity index (χ1v) is 3.54. The number of hydrogen-bond donors (Lipinski definition) is 2. The second-order valence-corrected chi connectivity index (χ2v) is 2.46. The number of aryl methyl sites for hydroxylation is 1. The van der Waals surface area contributed by atoms with Crippen molar-refractivity contribution < 1.29 is 4.79 Å². The Kier molecular flexibility index (Phi) is 2.45. The van der Waals surface area contributed by atoms with Gasteiger partial charge in [0.1, 0.15) is 5.56 Å². The largest absolute Gasteiger partial charge is 0.364 e. The van der Waals surface area contributed by atoms with Crippen LogP contribution in [0.15, 0.2) is 17.1 Å². The van der Waals surface area contributed by atoms with E-state index >= 15 is 0 Å². The molecule has 0 aliphatic rings. The van der Waals surface area contributed by atoms with E-state index in [1.54, 1.807) is 6.92 Å². The Morgan fingerprint density at radius 1 is 1.69 bits per heavy atom. The Bertz CT molecular complexity index is 428. The van der Waals surface area contributed by atoms with Crippen LogP contribution in [0.2, 0.25) is 0 Å². The predicted octanol–water partition coefficient (Wildman–Crippen LogP) is -0.106. The first-order chi connectivity index (χ1) is 6.15. The number of H-pyrrole nitrogens is 1. The lowest BCUT2D eigenvalue weighted by atomic mass is 10.2. The number of rotatable bonds is 1. The van der Waals surface area contributed by atoms with E-state index in [1.165, 1.54) is 18.5 Å². The van der Waals surface area contributed by atoms with Crippen LogP contribution in [-0.2, 0) is 0 Å². The maximum atomic E-state index is 11.2. The Balaban J connectivity index is 3.11. The molecule has 0 saturated heterocycles. The summed E-state index contributed by atoms with van der Waals surface area (Å²) >= 11 is 0. The normalized spacial score (nSPS) is 8.92. The van der Waals surface area contributed by atoms with Crippen LogP contribution in [0.25, 0.3) is 0 Å². The van der Waals surface area contributed by atoms with Crippen molar-refractivity contribution in [2.45, 2.75) is 6.92 Å². The van der Waals surface area contributed by atoms with Crippen LogP contribution in [0.4, 0.5) is 0 Å². The third-order valence-electron chi connectivity index (χ3n) is 1.47. The van der Waals surface area contributed by atoms with Crippen molar-refractivity contribution in [3.05, 3.63) is 33.7 Å². The Hall–Kier alpha value is -2.09. The SMILES string of the molecule is Cc1cc(=O)c(C(=O)NC#N)c[nH]1. The van der Waals surface area contributed by atoms with Crippen molar-refractivity contribution in [1.29, 1.82) is 5.26 Å². The molecular formula is C8H7N3O2. The van der Waals surface area contributed by atoms with Gasteiger partial charge in [-0.1, -0.05) is 0 Å². The van der Waals surface area contributed by atoms with Crippen LogP contribution in [0.1, 0.15) is 16.1 Å². The maximum absolute atomic E-state index is 11.2. The highest BCUT2D eigenvalue weighted by molar-refractivity contribution is 5.94. The molecular weight excluding hydrogens is 170 g/mol. The smallest absolute Gasteiger partial charge is 0.269 e. The van der Waals surface area contributed by atoms with Gasteiger partial charge in [-0.2, -0.15) is 5.26 Å². The number of nitrogens with one attached hydrogen (secondary N) is 2. The fourth-order valence-electron chi connectivity index (χ4n) is 0.869. The van der Waals surface area contributed by atoms with Crippen molar-refractivity contribution in [1.82, 2.24) is 10.3 Å². The van der Waals surface area contributed by atoms with Crippen LogP contribution in [0.5, 0.6) is 0 Å². The van der Waals surface area contributed by atoms with Crippen LogP contribution in [0, 0.1) is 18.4 Å². The summed E-state index contributed by atoms with van der Waals surface area (Å²) in [6, 6.07) is 1.30. The molecule has 0 bridgehead atoms. The summed E-state index contributed by atoms with van der Waals surface area (Å²) in [7, 11) is 0. The minimum atomic E-state index is -0.691. The third-order valence-corrected chi connectivity index (χ3v) is 1.47. The van der Waals surface area contributed by atoms with Crippen molar-refractivity contribution >= 4 is 5.91 Å². The van der Waals surface area contributed by atoms with E-state index < -0.39 is 11.3 Å². The van der Waals surface area contributed by atoms with Gasteiger partial charge in [0.05, 0.1) is 0 Å². The van der Waals surface area contributed by atoms with Crippen LogP contribution < -0.4 is 10.7 Å². The third kappa shape index (κ3) is 1.93. The highest BCUT2D eigenvalue weighted by atomic mass is 16.2. The van der Waals surface area contributed by atoms with Gasteiger partial charge in [-0.15, -0.1) is 0 Å². The first kappa shape index (κ1) is 9.00. The topological polar surface area (TPSA) is 85.8 Å². The number of aromatic amines is 1. The van der Waals surface area contributed by atoms with Crippen molar-refractivity contribution in [2.24, 2.45) is 0 Å². The average Bonchev–Trinajstić information content (AvgIpc) is 2.04. The quantitative estimate of drug-likeness (QED) is 0.463. The van der Waals surface area contributed by atoms with Gasteiger partial charge in [-0.05, 0) is 6.92 Å². The van der Waals surface area contributed by atoms with Gasteiger partial charge >= 0.3 is 0 Å². The molecule has 0 saturated carbocycles. The molecule has 13 heavy (non-hydrogen) atoms. The zero-order chi connectivity index (χ0) is 9.84. The molecule has 0 radical (unpaired) electrons. The van der Waals surface area contributed by atoms with E-state index in [0.717, 1.165) is 0 Å². The monoisotopic (exact) mass is 177 g/mol. The number of nitriles is 1. The standard InChI is InChI=1S/C8H7N3O2/c1-5-2-7(12)6(3-10-5)8(13)11-4-9/h2-3H,1H3,(H,10,12)(H,11,13). The highest BCUT2D eigenvalue weighted by Gasteiger charge is 2.08. The molecule has 1 heterocycles. The summed E-state index contributed by atoms with van der Waals surface area (Å²) in [6.45, 7) is 1.70. The van der Waals surface area contributed by atoms with Crippen LogP contribution in [0.3, 0.4) is 0 Å². The summed E-state index contributed by atoms with van der Waals surface area (Å²) in [5, 5.41) is 10.0. The van der Waals surface area contributed by atoms with Crippen LogP contribution in [-0.4, -0.2) is 10.9 Å². The molecule has 66 valence electrons. The lowest BCUT2D eigenvalue weighted by Crippen LogP contribution is -2.24. The molecule has 0 aliphatic heterocycles. The lowest BCUT2D eigenvalue weighted by molar-refractivity contribution is 0.0971. The Labute approximate surface area is 74.0 Å². The van der Waals surface area contributed by atoms with E-state index in [1.807, 2.05) is 5.32 Å². The van der Waals surface area contributed by atoms with Gasteiger partial charge < -0.3 is 4.98 Å². The van der Waals surface area contributed by atoms with Gasteiger partial charge in [-0.25, -0.2) is 0 Å². The van der Waals surface area contributed by atoms with Crippen molar-refractivity contribution in [3.63, 3.8) is 0 Å². The minimum absolute atomic E-state index is 0.0628. The molecule has 0 aliphatic carbocycles. The molecule has 1 amide bonds. The van der Waals surface area contributed by atoms with E-state index in [4.69, 9.17) is 5.26 Å². The molecule has 0 aromatic carbocycles. The molecule has 1 aromatic heterocycles. The minimum Gasteiger partial charge on any atom is -0.364 e. The molecule has 0 atom stereocenters. The second kappa shape index (κ2) is 3.54. The van der Waals surface area contributed by atoms with Gasteiger partial charge in [0.25, 0.3) is 5.91 Å². The molecule has 5 nitrogen and oxygen atoms in total. The molecule has 1 rings (SSSR count). The summed E-state index contributed by atoms with van der Waals surface area (Å²) in [5.41, 5.74) is 0.203. The molecule has 0 fully saturated rings. The lowest BCUT2D eigenvalue weighted by Gasteiger charge is -1.96.